The Kier molecular flexibility index (Phi) is 4.55. The van der Waals surface area contributed by atoms with E-state index in [9.17, 15) is 28.6 Å². The molecule has 0 N–H and O–H groups in total. The van der Waals surface area contributed by atoms with Gasteiger partial charge in [-0.1, -0.05) is 30.3 Å². The van der Waals surface area contributed by atoms with Crippen molar-refractivity contribution >= 4 is 21.5 Å². The molecule has 0 heterocycles. The van der Waals surface area contributed by atoms with Crippen LogP contribution < -0.4 is 4.18 Å². The molecule has 0 bridgehead atoms. The maximum atomic E-state index is 12.1. The van der Waals surface area contributed by atoms with E-state index in [1.54, 1.807) is 18.2 Å². The first-order valence-electron chi connectivity index (χ1n) is 6.18. The lowest BCUT2D eigenvalue weighted by Crippen LogP contribution is -2.14. The van der Waals surface area contributed by atoms with Crippen molar-refractivity contribution in [3.8, 4) is 5.75 Å². The maximum absolute atomic E-state index is 12.1. The standard InChI is InChI=1S/C13H10N2O7S/c16-14(17)11-7-4-8-12(15(18)19)13(11)22-23(20,21)9-10-5-2-1-3-6-10/h1-8H,9H2. The first-order valence-corrected chi connectivity index (χ1v) is 7.76. The third-order valence-electron chi connectivity index (χ3n) is 2.76. The average Bonchev–Trinajstić information content (AvgIpc) is 2.47. The molecule has 0 unspecified atom stereocenters. The van der Waals surface area contributed by atoms with Gasteiger partial charge >= 0.3 is 21.5 Å². The second-order valence-corrected chi connectivity index (χ2v) is 5.98. The number of nitro benzene ring substituents is 2. The first-order chi connectivity index (χ1) is 10.8. The molecule has 120 valence electrons. The van der Waals surface area contributed by atoms with Gasteiger partial charge in [-0.3, -0.25) is 20.2 Å². The minimum atomic E-state index is -4.31. The summed E-state index contributed by atoms with van der Waals surface area (Å²) in [6.45, 7) is 0. The number of para-hydroxylation sites is 1. The van der Waals surface area contributed by atoms with Gasteiger partial charge in [0, 0.05) is 12.1 Å². The van der Waals surface area contributed by atoms with Crippen molar-refractivity contribution in [2.75, 3.05) is 0 Å². The molecule has 0 spiro atoms. The van der Waals surface area contributed by atoms with Gasteiger partial charge in [0.25, 0.3) is 5.75 Å². The molecule has 9 nitrogen and oxygen atoms in total. The van der Waals surface area contributed by atoms with Gasteiger partial charge < -0.3 is 4.18 Å². The van der Waals surface area contributed by atoms with Gasteiger partial charge in [-0.25, -0.2) is 0 Å². The van der Waals surface area contributed by atoms with Crippen LogP contribution in [0.1, 0.15) is 5.56 Å². The minimum Gasteiger partial charge on any atom is -0.367 e. The van der Waals surface area contributed by atoms with Gasteiger partial charge in [0.05, 0.1) is 9.85 Å². The van der Waals surface area contributed by atoms with E-state index in [0.29, 0.717) is 5.56 Å². The van der Waals surface area contributed by atoms with Gasteiger partial charge in [0.1, 0.15) is 5.75 Å². The van der Waals surface area contributed by atoms with Gasteiger partial charge in [0.2, 0.25) is 0 Å². The monoisotopic (exact) mass is 338 g/mol. The Morgan fingerprint density at radius 1 is 0.870 bits per heavy atom. The normalized spacial score (nSPS) is 11.0. The quantitative estimate of drug-likeness (QED) is 0.449. The van der Waals surface area contributed by atoms with E-state index < -0.39 is 42.8 Å². The predicted molar refractivity (Wildman–Crippen MR) is 79.4 cm³/mol. The molecule has 0 amide bonds. The highest BCUT2D eigenvalue weighted by Gasteiger charge is 2.30. The highest BCUT2D eigenvalue weighted by atomic mass is 32.2. The largest absolute Gasteiger partial charge is 0.367 e. The minimum absolute atomic E-state index is 0.383. The first kappa shape index (κ1) is 16.4. The Bertz CT molecular complexity index is 818. The van der Waals surface area contributed by atoms with E-state index in [4.69, 9.17) is 0 Å². The van der Waals surface area contributed by atoms with E-state index in [2.05, 4.69) is 4.18 Å². The van der Waals surface area contributed by atoms with Crippen molar-refractivity contribution in [3.63, 3.8) is 0 Å². The van der Waals surface area contributed by atoms with Crippen molar-refractivity contribution in [2.45, 2.75) is 5.75 Å². The van der Waals surface area contributed by atoms with Gasteiger partial charge in [-0.05, 0) is 11.6 Å². The van der Waals surface area contributed by atoms with E-state index in [-0.39, 0.29) is 0 Å². The van der Waals surface area contributed by atoms with E-state index in [1.807, 2.05) is 0 Å². The van der Waals surface area contributed by atoms with Crippen LogP contribution >= 0.6 is 0 Å². The molecule has 0 aliphatic rings. The number of nitro groups is 2. The van der Waals surface area contributed by atoms with Crippen molar-refractivity contribution < 1.29 is 22.4 Å². The molecular weight excluding hydrogens is 328 g/mol. The molecule has 2 aromatic carbocycles. The molecular formula is C13H10N2O7S. The summed E-state index contributed by atoms with van der Waals surface area (Å²) in [5.74, 6) is -1.48. The van der Waals surface area contributed by atoms with Crippen LogP contribution in [0.2, 0.25) is 0 Å². The molecule has 10 heteroatoms. The molecule has 0 saturated carbocycles. The lowest BCUT2D eigenvalue weighted by Gasteiger charge is -2.07. The zero-order valence-corrected chi connectivity index (χ0v) is 12.3. The van der Waals surface area contributed by atoms with E-state index in [0.717, 1.165) is 18.2 Å². The number of nitrogens with zero attached hydrogens (tertiary/aromatic N) is 2. The molecule has 0 saturated heterocycles. The predicted octanol–water partition coefficient (Wildman–Crippen LogP) is 2.41. The molecule has 23 heavy (non-hydrogen) atoms. The van der Waals surface area contributed by atoms with Crippen LogP contribution in [0.3, 0.4) is 0 Å². The summed E-state index contributed by atoms with van der Waals surface area (Å²) in [7, 11) is -4.31. The Morgan fingerprint density at radius 3 is 1.87 bits per heavy atom. The topological polar surface area (TPSA) is 130 Å². The van der Waals surface area contributed by atoms with Crippen LogP contribution in [0.15, 0.2) is 48.5 Å². The molecule has 0 fully saturated rings. The van der Waals surface area contributed by atoms with Crippen LogP contribution in [0.5, 0.6) is 5.75 Å². The molecule has 0 atom stereocenters. The van der Waals surface area contributed by atoms with Gasteiger partial charge in [-0.15, -0.1) is 0 Å². The SMILES string of the molecule is O=[N+]([O-])c1cccc([N+](=O)[O-])c1OS(=O)(=O)Cc1ccccc1. The lowest BCUT2D eigenvalue weighted by atomic mass is 10.2. The highest BCUT2D eigenvalue weighted by Crippen LogP contribution is 2.37. The zero-order valence-electron chi connectivity index (χ0n) is 11.5. The molecule has 0 aromatic heterocycles. The number of hydrogen-bond acceptors (Lipinski definition) is 7. The molecule has 2 rings (SSSR count). The molecule has 2 aromatic rings. The Labute approximate surface area is 130 Å². The smallest absolute Gasteiger partial charge is 0.319 e. The third kappa shape index (κ3) is 4.01. The lowest BCUT2D eigenvalue weighted by molar-refractivity contribution is -0.395. The average molecular weight is 338 g/mol. The summed E-state index contributed by atoms with van der Waals surface area (Å²) < 4.78 is 28.8. The number of benzene rings is 2. The van der Waals surface area contributed by atoms with Crippen LogP contribution in [0.25, 0.3) is 0 Å². The van der Waals surface area contributed by atoms with Crippen molar-refractivity contribution in [3.05, 3.63) is 74.3 Å². The third-order valence-corrected chi connectivity index (χ3v) is 3.87. The molecule has 0 aliphatic carbocycles. The molecule has 0 radical (unpaired) electrons. The molecule has 0 aliphatic heterocycles. The fourth-order valence-electron chi connectivity index (χ4n) is 1.82. The van der Waals surface area contributed by atoms with Crippen LogP contribution in [-0.4, -0.2) is 18.3 Å². The summed E-state index contributed by atoms with van der Waals surface area (Å²) in [5, 5.41) is 21.9. The summed E-state index contributed by atoms with van der Waals surface area (Å²) in [4.78, 5) is 20.0. The van der Waals surface area contributed by atoms with Gasteiger partial charge in [-0.2, -0.15) is 8.42 Å². The van der Waals surface area contributed by atoms with E-state index in [1.165, 1.54) is 12.1 Å². The number of rotatable bonds is 6. The second-order valence-electron chi connectivity index (χ2n) is 4.41. The summed E-state index contributed by atoms with van der Waals surface area (Å²) >= 11 is 0. The van der Waals surface area contributed by atoms with Gasteiger partial charge in [0.15, 0.2) is 0 Å². The Hall–Kier alpha value is -3.01. The maximum Gasteiger partial charge on any atom is 0.319 e. The second kappa shape index (κ2) is 6.40. The Balaban J connectivity index is 2.42. The summed E-state index contributed by atoms with van der Waals surface area (Å²) in [6, 6.07) is 10.9. The van der Waals surface area contributed by atoms with Crippen LogP contribution in [0.4, 0.5) is 11.4 Å². The van der Waals surface area contributed by atoms with E-state index >= 15 is 0 Å². The van der Waals surface area contributed by atoms with Crippen molar-refractivity contribution in [1.82, 2.24) is 0 Å². The Morgan fingerprint density at radius 2 is 1.39 bits per heavy atom. The van der Waals surface area contributed by atoms with Crippen molar-refractivity contribution in [2.24, 2.45) is 0 Å². The summed E-state index contributed by atoms with van der Waals surface area (Å²) in [6.07, 6.45) is 0. The fourth-order valence-corrected chi connectivity index (χ4v) is 2.91. The highest BCUT2D eigenvalue weighted by molar-refractivity contribution is 7.86. The zero-order chi connectivity index (χ0) is 17.0. The van der Waals surface area contributed by atoms with Crippen molar-refractivity contribution in [1.29, 1.82) is 0 Å². The summed E-state index contributed by atoms with van der Waals surface area (Å²) in [5.41, 5.74) is -1.21. The fraction of sp³-hybridized carbons (Fsp3) is 0.0769. The van der Waals surface area contributed by atoms with Crippen LogP contribution in [-0.2, 0) is 15.9 Å². The number of hydrogen-bond donors (Lipinski definition) is 0. The van der Waals surface area contributed by atoms with Crippen LogP contribution in [0, 0.1) is 20.2 Å².